The Bertz CT molecular complexity index is 963. The van der Waals surface area contributed by atoms with Crippen molar-refractivity contribution >= 4 is 33.6 Å². The van der Waals surface area contributed by atoms with E-state index in [1.165, 1.54) is 6.07 Å². The molecule has 1 aromatic carbocycles. The number of carbonyl (C=O) groups excluding carboxylic acids is 1. The van der Waals surface area contributed by atoms with E-state index in [0.717, 1.165) is 31.2 Å². The maximum absolute atomic E-state index is 12.3. The van der Waals surface area contributed by atoms with Crippen molar-refractivity contribution in [1.29, 1.82) is 0 Å². The molecule has 1 N–H and O–H groups in total. The number of nitrogens with one attached hydrogen (secondary N) is 1. The van der Waals surface area contributed by atoms with Gasteiger partial charge in [0.2, 0.25) is 0 Å². The molecule has 3 rings (SSSR count). The Morgan fingerprint density at radius 3 is 2.63 bits per heavy atom. The zero-order chi connectivity index (χ0) is 21.9. The molecule has 1 aliphatic rings. The van der Waals surface area contributed by atoms with Crippen LogP contribution in [0.25, 0.3) is 0 Å². The van der Waals surface area contributed by atoms with E-state index in [4.69, 9.17) is 16.3 Å². The molecule has 1 heterocycles. The number of hydrogen-bond acceptors (Lipinski definition) is 4. The number of aromatic nitrogens is 2. The fourth-order valence-electron chi connectivity index (χ4n) is 3.94. The van der Waals surface area contributed by atoms with Gasteiger partial charge in [-0.25, -0.2) is 9.48 Å². The van der Waals surface area contributed by atoms with Crippen molar-refractivity contribution < 1.29 is 9.53 Å². The van der Waals surface area contributed by atoms with Gasteiger partial charge in [-0.2, -0.15) is 5.10 Å². The van der Waals surface area contributed by atoms with Crippen LogP contribution in [0.15, 0.2) is 45.8 Å². The van der Waals surface area contributed by atoms with Gasteiger partial charge in [-0.1, -0.05) is 23.7 Å². The summed E-state index contributed by atoms with van der Waals surface area (Å²) in [5.41, 5.74) is 0.211. The average Bonchev–Trinajstić information content (AvgIpc) is 2.67. The number of amides is 1. The quantitative estimate of drug-likeness (QED) is 0.628. The van der Waals surface area contributed by atoms with E-state index >= 15 is 0 Å². The second-order valence-corrected chi connectivity index (χ2v) is 10.2. The molecule has 1 aromatic heterocycles. The van der Waals surface area contributed by atoms with Crippen LogP contribution in [0.2, 0.25) is 5.02 Å². The Hall–Kier alpha value is -1.86. The molecular weight excluding hydrogens is 470 g/mol. The van der Waals surface area contributed by atoms with Gasteiger partial charge in [0, 0.05) is 22.0 Å². The van der Waals surface area contributed by atoms with Gasteiger partial charge in [0.15, 0.2) is 0 Å². The summed E-state index contributed by atoms with van der Waals surface area (Å²) in [6.45, 7) is 5.99. The molecule has 0 radical (unpaired) electrons. The van der Waals surface area contributed by atoms with Crippen molar-refractivity contribution in [3.63, 3.8) is 0 Å². The van der Waals surface area contributed by atoms with Crippen LogP contribution in [-0.4, -0.2) is 28.0 Å². The number of halogens is 2. The van der Waals surface area contributed by atoms with Gasteiger partial charge in [-0.05, 0) is 86.1 Å². The normalized spacial score (nSPS) is 21.8. The van der Waals surface area contributed by atoms with Gasteiger partial charge in [0.25, 0.3) is 5.56 Å². The van der Waals surface area contributed by atoms with E-state index in [2.05, 4.69) is 26.3 Å². The second-order valence-electron chi connectivity index (χ2n) is 8.91. The minimum Gasteiger partial charge on any atom is -0.449 e. The molecule has 1 fully saturated rings. The lowest BCUT2D eigenvalue weighted by Crippen LogP contribution is -2.44. The van der Waals surface area contributed by atoms with Gasteiger partial charge < -0.3 is 10.1 Å². The Kier molecular flexibility index (Phi) is 6.92. The highest BCUT2D eigenvalue weighted by atomic mass is 79.9. The van der Waals surface area contributed by atoms with Crippen LogP contribution in [0.4, 0.5) is 4.79 Å². The smallest absolute Gasteiger partial charge is 0.407 e. The molecule has 0 unspecified atom stereocenters. The lowest BCUT2D eigenvalue weighted by Gasteiger charge is -2.40. The number of rotatable bonds is 4. The monoisotopic (exact) mass is 495 g/mol. The number of carbonyl (C=O) groups is 1. The molecular formula is C22H27BrClN3O3. The topological polar surface area (TPSA) is 73.2 Å². The van der Waals surface area contributed by atoms with Crippen molar-refractivity contribution in [2.45, 2.75) is 63.5 Å². The summed E-state index contributed by atoms with van der Waals surface area (Å²) in [5.74, 6) is 0. The Balaban J connectivity index is 1.81. The largest absolute Gasteiger partial charge is 0.449 e. The molecule has 0 aliphatic heterocycles. The van der Waals surface area contributed by atoms with E-state index in [9.17, 15) is 9.59 Å². The van der Waals surface area contributed by atoms with Crippen molar-refractivity contribution in [2.24, 2.45) is 0 Å². The molecule has 0 saturated heterocycles. The van der Waals surface area contributed by atoms with E-state index in [1.807, 2.05) is 45.0 Å². The van der Waals surface area contributed by atoms with Crippen LogP contribution in [0, 0.1) is 0 Å². The average molecular weight is 497 g/mol. The molecule has 1 aliphatic carbocycles. The molecule has 6 nitrogen and oxygen atoms in total. The first-order chi connectivity index (χ1) is 14.1. The van der Waals surface area contributed by atoms with Crippen LogP contribution in [-0.2, 0) is 10.2 Å². The fraction of sp³-hybridized carbons (Fsp3) is 0.500. The third-order valence-electron chi connectivity index (χ3n) is 5.44. The zero-order valence-corrected chi connectivity index (χ0v) is 19.8. The van der Waals surface area contributed by atoms with Gasteiger partial charge in [-0.15, -0.1) is 0 Å². The van der Waals surface area contributed by atoms with Crippen LogP contribution < -0.4 is 10.9 Å². The minimum absolute atomic E-state index is 0.00529. The first-order valence-electron chi connectivity index (χ1n) is 10.0. The molecule has 8 heteroatoms. The Morgan fingerprint density at radius 1 is 1.30 bits per heavy atom. The van der Waals surface area contributed by atoms with Gasteiger partial charge in [0.05, 0.1) is 6.04 Å². The second kappa shape index (κ2) is 9.10. The summed E-state index contributed by atoms with van der Waals surface area (Å²) in [6.07, 6.45) is 2.57. The minimum atomic E-state index is -0.434. The first-order valence-corrected chi connectivity index (χ1v) is 11.2. The summed E-state index contributed by atoms with van der Waals surface area (Å²) in [4.78, 5) is 24.6. The van der Waals surface area contributed by atoms with Crippen LogP contribution in [0.1, 0.15) is 58.1 Å². The Morgan fingerprint density at radius 2 is 2.00 bits per heavy atom. The van der Waals surface area contributed by atoms with Crippen molar-refractivity contribution in [3.8, 4) is 0 Å². The Labute approximate surface area is 190 Å². The molecule has 1 amide bonds. The van der Waals surface area contributed by atoms with Crippen molar-refractivity contribution in [3.05, 3.63) is 61.9 Å². The van der Waals surface area contributed by atoms with E-state index in [1.54, 1.807) is 10.7 Å². The summed E-state index contributed by atoms with van der Waals surface area (Å²) in [6, 6.07) is 10.9. The summed E-state index contributed by atoms with van der Waals surface area (Å²) < 4.78 is 7.84. The standard InChI is InChI=1S/C22H27BrClN3O3/c1-21(2,3)25-20(29)30-14-22(15-5-4-6-16(24)13-15)11-9-17(10-12-22)27-19(28)8-7-18(23)26-27/h4-8,13,17H,9-12,14H2,1-3H3,(H,25,29). The molecule has 0 atom stereocenters. The SMILES string of the molecule is CC(C)(C)NC(=O)OCC1(c2cccc(Cl)c2)CCC(n2nc(Br)ccc2=O)CC1. The molecule has 1 saturated carbocycles. The van der Waals surface area contributed by atoms with Gasteiger partial charge in [-0.3, -0.25) is 4.79 Å². The first kappa shape index (κ1) is 22.8. The van der Waals surface area contributed by atoms with E-state index in [0.29, 0.717) is 9.63 Å². The number of ether oxygens (including phenoxy) is 1. The van der Waals surface area contributed by atoms with E-state index < -0.39 is 6.09 Å². The van der Waals surface area contributed by atoms with Gasteiger partial charge in [0.1, 0.15) is 11.2 Å². The van der Waals surface area contributed by atoms with Crippen LogP contribution in [0.5, 0.6) is 0 Å². The summed E-state index contributed by atoms with van der Waals surface area (Å²) in [5, 5.41) is 7.84. The molecule has 162 valence electrons. The number of alkyl carbamates (subject to hydrolysis) is 1. The molecule has 30 heavy (non-hydrogen) atoms. The highest BCUT2D eigenvalue weighted by Crippen LogP contribution is 2.43. The summed E-state index contributed by atoms with van der Waals surface area (Å²) in [7, 11) is 0. The zero-order valence-electron chi connectivity index (χ0n) is 17.5. The van der Waals surface area contributed by atoms with E-state index in [-0.39, 0.29) is 29.2 Å². The van der Waals surface area contributed by atoms with Crippen LogP contribution in [0.3, 0.4) is 0 Å². The third kappa shape index (κ3) is 5.64. The molecule has 2 aromatic rings. The van der Waals surface area contributed by atoms with Gasteiger partial charge >= 0.3 is 6.09 Å². The summed E-state index contributed by atoms with van der Waals surface area (Å²) >= 11 is 9.60. The predicted molar refractivity (Wildman–Crippen MR) is 121 cm³/mol. The number of benzene rings is 1. The van der Waals surface area contributed by atoms with Crippen LogP contribution >= 0.6 is 27.5 Å². The highest BCUT2D eigenvalue weighted by molar-refractivity contribution is 9.10. The number of hydrogen-bond donors (Lipinski definition) is 1. The number of nitrogens with zero attached hydrogens (tertiary/aromatic N) is 2. The maximum Gasteiger partial charge on any atom is 0.407 e. The highest BCUT2D eigenvalue weighted by Gasteiger charge is 2.39. The third-order valence-corrected chi connectivity index (χ3v) is 6.10. The molecule has 0 bridgehead atoms. The predicted octanol–water partition coefficient (Wildman–Crippen LogP) is 5.24. The fourth-order valence-corrected chi connectivity index (χ4v) is 4.44. The maximum atomic E-state index is 12.3. The van der Waals surface area contributed by atoms with Crippen molar-refractivity contribution in [2.75, 3.05) is 6.61 Å². The van der Waals surface area contributed by atoms with Crippen molar-refractivity contribution in [1.82, 2.24) is 15.1 Å². The molecule has 0 spiro atoms. The lowest BCUT2D eigenvalue weighted by molar-refractivity contribution is 0.0837. The lowest BCUT2D eigenvalue weighted by atomic mass is 9.68.